The molecule has 0 saturated carbocycles. The number of hydrogen-bond donors (Lipinski definition) is 2. The van der Waals surface area contributed by atoms with Crippen LogP contribution in [0.2, 0.25) is 0 Å². The van der Waals surface area contributed by atoms with E-state index in [-0.39, 0.29) is 18.0 Å². The van der Waals surface area contributed by atoms with E-state index in [1.807, 2.05) is 36.4 Å². The molecule has 4 aromatic rings. The number of carbonyl (C=O) groups is 1. The zero-order valence-corrected chi connectivity index (χ0v) is 14.0. The number of aromatic amines is 1. The first-order valence-corrected chi connectivity index (χ1v) is 8.36. The molecule has 7 nitrogen and oxygen atoms in total. The van der Waals surface area contributed by atoms with E-state index in [1.165, 1.54) is 4.68 Å². The molecule has 0 atom stereocenters. The van der Waals surface area contributed by atoms with Gasteiger partial charge in [0.05, 0.1) is 22.6 Å². The highest BCUT2D eigenvalue weighted by Gasteiger charge is 2.08. The van der Waals surface area contributed by atoms with Gasteiger partial charge in [-0.05, 0) is 18.2 Å². The van der Waals surface area contributed by atoms with E-state index < -0.39 is 0 Å². The van der Waals surface area contributed by atoms with Crippen LogP contribution in [-0.4, -0.2) is 32.2 Å². The number of hydrogen-bond acceptors (Lipinski definition) is 4. The lowest BCUT2D eigenvalue weighted by atomic mass is 10.2. The normalized spacial score (nSPS) is 11.1. The maximum atomic E-state index is 12.4. The summed E-state index contributed by atoms with van der Waals surface area (Å²) in [6, 6.07) is 15.0. The molecule has 2 aromatic heterocycles. The van der Waals surface area contributed by atoms with Gasteiger partial charge >= 0.3 is 0 Å². The van der Waals surface area contributed by atoms with Crippen molar-refractivity contribution >= 4 is 27.7 Å². The van der Waals surface area contributed by atoms with Gasteiger partial charge in [-0.1, -0.05) is 30.3 Å². The Labute approximate surface area is 148 Å². The van der Waals surface area contributed by atoms with E-state index in [9.17, 15) is 9.59 Å². The van der Waals surface area contributed by atoms with E-state index in [0.29, 0.717) is 18.4 Å². The number of nitrogens with one attached hydrogen (secondary N) is 2. The molecule has 2 heterocycles. The smallest absolute Gasteiger partial charge is 0.275 e. The minimum absolute atomic E-state index is 0.107. The van der Waals surface area contributed by atoms with Crippen molar-refractivity contribution in [1.29, 1.82) is 0 Å². The number of imidazole rings is 1. The number of aromatic nitrogens is 4. The predicted molar refractivity (Wildman–Crippen MR) is 98.8 cm³/mol. The van der Waals surface area contributed by atoms with Crippen LogP contribution in [0, 0.1) is 0 Å². The molecule has 0 aliphatic heterocycles. The van der Waals surface area contributed by atoms with Crippen molar-refractivity contribution in [2.45, 2.75) is 13.0 Å². The fourth-order valence-electron chi connectivity index (χ4n) is 2.88. The Morgan fingerprint density at radius 3 is 2.81 bits per heavy atom. The minimum atomic E-state index is -0.268. The van der Waals surface area contributed by atoms with Crippen molar-refractivity contribution in [3.05, 3.63) is 70.9 Å². The van der Waals surface area contributed by atoms with Gasteiger partial charge in [0, 0.05) is 18.4 Å². The maximum Gasteiger partial charge on any atom is 0.275 e. The molecule has 2 N–H and O–H groups in total. The number of amides is 1. The third-order valence-corrected chi connectivity index (χ3v) is 4.18. The van der Waals surface area contributed by atoms with Crippen molar-refractivity contribution in [3.63, 3.8) is 0 Å². The Hall–Kier alpha value is -3.48. The van der Waals surface area contributed by atoms with Crippen molar-refractivity contribution in [2.24, 2.45) is 0 Å². The van der Waals surface area contributed by atoms with Gasteiger partial charge < -0.3 is 10.3 Å². The Balaban J connectivity index is 1.38. The largest absolute Gasteiger partial charge is 0.354 e. The zero-order valence-electron chi connectivity index (χ0n) is 14.0. The third-order valence-electron chi connectivity index (χ3n) is 4.18. The summed E-state index contributed by atoms with van der Waals surface area (Å²) < 4.78 is 1.18. The molecule has 1 amide bonds. The van der Waals surface area contributed by atoms with Crippen molar-refractivity contribution in [2.75, 3.05) is 6.54 Å². The number of H-pyrrole nitrogens is 1. The average molecular weight is 347 g/mol. The monoisotopic (exact) mass is 347 g/mol. The van der Waals surface area contributed by atoms with Crippen molar-refractivity contribution in [3.8, 4) is 0 Å². The van der Waals surface area contributed by atoms with E-state index in [2.05, 4.69) is 20.4 Å². The highest BCUT2D eigenvalue weighted by atomic mass is 16.2. The average Bonchev–Trinajstić information content (AvgIpc) is 3.07. The van der Waals surface area contributed by atoms with Crippen LogP contribution in [0.4, 0.5) is 0 Å². The van der Waals surface area contributed by atoms with E-state index in [0.717, 1.165) is 22.2 Å². The Bertz CT molecular complexity index is 1110. The summed E-state index contributed by atoms with van der Waals surface area (Å²) in [5, 5.41) is 8.18. The zero-order chi connectivity index (χ0) is 17.9. The Kier molecular flexibility index (Phi) is 4.18. The first-order chi connectivity index (χ1) is 12.7. The van der Waals surface area contributed by atoms with Crippen LogP contribution in [0.5, 0.6) is 0 Å². The number of rotatable bonds is 5. The maximum absolute atomic E-state index is 12.4. The quantitative estimate of drug-likeness (QED) is 0.574. The van der Waals surface area contributed by atoms with Gasteiger partial charge in [0.15, 0.2) is 0 Å². The molecular formula is C19H17N5O2. The number of benzene rings is 2. The molecule has 0 fully saturated rings. The first kappa shape index (κ1) is 16.0. The summed E-state index contributed by atoms with van der Waals surface area (Å²) in [7, 11) is 0. The lowest BCUT2D eigenvalue weighted by molar-refractivity contribution is -0.121. The third kappa shape index (κ3) is 3.19. The van der Waals surface area contributed by atoms with Crippen molar-refractivity contribution in [1.82, 2.24) is 25.1 Å². The lowest BCUT2D eigenvalue weighted by Crippen LogP contribution is -2.34. The van der Waals surface area contributed by atoms with Gasteiger partial charge in [0.25, 0.3) is 5.56 Å². The van der Waals surface area contributed by atoms with Crippen LogP contribution in [0.15, 0.2) is 59.5 Å². The summed E-state index contributed by atoms with van der Waals surface area (Å²) in [4.78, 5) is 32.2. The van der Waals surface area contributed by atoms with E-state index >= 15 is 0 Å². The fourth-order valence-corrected chi connectivity index (χ4v) is 2.88. The van der Waals surface area contributed by atoms with Crippen LogP contribution in [0.1, 0.15) is 5.82 Å². The predicted octanol–water partition coefficient (Wildman–Crippen LogP) is 1.63. The van der Waals surface area contributed by atoms with Gasteiger partial charge in [-0.3, -0.25) is 9.59 Å². The molecule has 4 rings (SSSR count). The highest BCUT2D eigenvalue weighted by Crippen LogP contribution is 2.10. The van der Waals surface area contributed by atoms with Crippen LogP contribution < -0.4 is 10.9 Å². The summed E-state index contributed by atoms with van der Waals surface area (Å²) in [5.41, 5.74) is 1.61. The van der Waals surface area contributed by atoms with Crippen LogP contribution in [0.25, 0.3) is 21.8 Å². The number of para-hydroxylation sites is 2. The number of fused-ring (bicyclic) bond motifs is 2. The molecule has 26 heavy (non-hydrogen) atoms. The van der Waals surface area contributed by atoms with Crippen LogP contribution in [0.3, 0.4) is 0 Å². The SMILES string of the molecule is O=C(Cn1ncc2ccccc2c1=O)NCCc1nc2ccccc2[nH]1. The molecule has 7 heteroatoms. The lowest BCUT2D eigenvalue weighted by Gasteiger charge is -2.07. The highest BCUT2D eigenvalue weighted by molar-refractivity contribution is 5.81. The second-order valence-corrected chi connectivity index (χ2v) is 6.00. The van der Waals surface area contributed by atoms with E-state index in [4.69, 9.17) is 0 Å². The Morgan fingerprint density at radius 1 is 1.12 bits per heavy atom. The number of carbonyl (C=O) groups excluding carboxylic acids is 1. The van der Waals surface area contributed by atoms with Crippen LogP contribution in [-0.2, 0) is 17.8 Å². The van der Waals surface area contributed by atoms with Crippen LogP contribution >= 0.6 is 0 Å². The molecule has 130 valence electrons. The summed E-state index contributed by atoms with van der Waals surface area (Å²) in [5.74, 6) is 0.554. The van der Waals surface area contributed by atoms with E-state index in [1.54, 1.807) is 18.3 Å². The summed E-state index contributed by atoms with van der Waals surface area (Å²) in [6.07, 6.45) is 2.18. The molecule has 2 aromatic carbocycles. The van der Waals surface area contributed by atoms with Gasteiger partial charge in [-0.15, -0.1) is 0 Å². The molecule has 0 aliphatic carbocycles. The van der Waals surface area contributed by atoms with Gasteiger partial charge in [-0.25, -0.2) is 9.67 Å². The topological polar surface area (TPSA) is 92.7 Å². The molecule has 0 bridgehead atoms. The summed E-state index contributed by atoms with van der Waals surface area (Å²) >= 11 is 0. The second-order valence-electron chi connectivity index (χ2n) is 6.00. The molecule has 0 radical (unpaired) electrons. The molecule has 0 spiro atoms. The molecule has 0 aliphatic rings. The first-order valence-electron chi connectivity index (χ1n) is 8.36. The van der Waals surface area contributed by atoms with Crippen molar-refractivity contribution < 1.29 is 4.79 Å². The molecule has 0 unspecified atom stereocenters. The number of nitrogens with zero attached hydrogens (tertiary/aromatic N) is 3. The standard InChI is InChI=1S/C19H17N5O2/c25-18(12-24-19(26)14-6-2-1-5-13(14)11-21-24)20-10-9-17-22-15-7-3-4-8-16(15)23-17/h1-8,11H,9-10,12H2,(H,20,25)(H,22,23). The van der Waals surface area contributed by atoms with Gasteiger partial charge in [0.1, 0.15) is 12.4 Å². The minimum Gasteiger partial charge on any atom is -0.354 e. The summed E-state index contributed by atoms with van der Waals surface area (Å²) in [6.45, 7) is 0.324. The van der Waals surface area contributed by atoms with Gasteiger partial charge in [0.2, 0.25) is 5.91 Å². The van der Waals surface area contributed by atoms with Gasteiger partial charge in [-0.2, -0.15) is 5.10 Å². The fraction of sp³-hybridized carbons (Fsp3) is 0.158. The molecule has 0 saturated heterocycles. The molecular weight excluding hydrogens is 330 g/mol. The second kappa shape index (κ2) is 6.79. The Morgan fingerprint density at radius 2 is 1.92 bits per heavy atom.